The van der Waals surface area contributed by atoms with Crippen LogP contribution in [0.4, 0.5) is 17.2 Å². The van der Waals surface area contributed by atoms with Crippen LogP contribution in [0.1, 0.15) is 32.0 Å². The number of rotatable bonds is 10. The number of benzene rings is 4. The first-order chi connectivity index (χ1) is 25.3. The van der Waals surface area contributed by atoms with Gasteiger partial charge < -0.3 is 20.1 Å². The average Bonchev–Trinajstić information content (AvgIpc) is 3.41. The molecule has 2 aromatic heterocycles. The molecule has 0 aliphatic heterocycles. The molecule has 0 atom stereocenters. The Kier molecular flexibility index (Phi) is 11.5. The maximum atomic E-state index is 13.0. The number of methoxy groups -OCH3 is 1. The molecule has 0 unspecified atom stereocenters. The van der Waals surface area contributed by atoms with Gasteiger partial charge in [0, 0.05) is 27.9 Å². The number of aromatic nitrogens is 2. The van der Waals surface area contributed by atoms with Gasteiger partial charge in [0.15, 0.2) is 0 Å². The molecule has 270 valence electrons. The summed E-state index contributed by atoms with van der Waals surface area (Å²) in [6.45, 7) is 1.75. The van der Waals surface area contributed by atoms with E-state index in [4.69, 9.17) is 21.4 Å². The molecule has 0 aliphatic carbocycles. The zero-order chi connectivity index (χ0) is 38.3. The second kappa shape index (κ2) is 16.2. The van der Waals surface area contributed by atoms with E-state index in [1.54, 1.807) is 68.6 Å². The summed E-state index contributed by atoms with van der Waals surface area (Å²) in [4.78, 5) is 39.2. The lowest BCUT2D eigenvalue weighted by molar-refractivity contribution is -0.136. The molecular formula is C37H30ClN5O9S. The molecule has 0 bridgehead atoms. The predicted octanol–water partition coefficient (Wildman–Crippen LogP) is 7.63. The van der Waals surface area contributed by atoms with Crippen molar-refractivity contribution in [1.82, 2.24) is 9.55 Å². The molecule has 0 saturated heterocycles. The third-order valence-corrected chi connectivity index (χ3v) is 9.33. The zero-order valence-corrected chi connectivity index (χ0v) is 29.5. The molecule has 0 saturated carbocycles. The van der Waals surface area contributed by atoms with Crippen molar-refractivity contribution in [3.8, 4) is 11.5 Å². The number of ether oxygens (including phenoxy) is 1. The van der Waals surface area contributed by atoms with Gasteiger partial charge in [0.05, 0.1) is 35.3 Å². The van der Waals surface area contributed by atoms with E-state index < -0.39 is 22.0 Å². The fourth-order valence-corrected chi connectivity index (χ4v) is 6.27. The summed E-state index contributed by atoms with van der Waals surface area (Å²) < 4.78 is 33.8. The lowest BCUT2D eigenvalue weighted by Crippen LogP contribution is -2.14. The quantitative estimate of drug-likeness (QED) is 0.100. The number of aromatic hydroxyl groups is 1. The minimum atomic E-state index is -3.79. The lowest BCUT2D eigenvalue weighted by Gasteiger charge is -2.08. The third kappa shape index (κ3) is 9.02. The van der Waals surface area contributed by atoms with E-state index >= 15 is 0 Å². The van der Waals surface area contributed by atoms with Crippen molar-refractivity contribution in [3.63, 3.8) is 0 Å². The van der Waals surface area contributed by atoms with Crippen molar-refractivity contribution in [2.75, 3.05) is 11.8 Å². The summed E-state index contributed by atoms with van der Waals surface area (Å²) in [5.74, 6) is -2.04. The van der Waals surface area contributed by atoms with Gasteiger partial charge in [-0.15, -0.1) is 0 Å². The number of sulfonamides is 1. The van der Waals surface area contributed by atoms with Crippen molar-refractivity contribution in [2.45, 2.75) is 18.2 Å². The molecule has 0 radical (unpaired) electrons. The van der Waals surface area contributed by atoms with Gasteiger partial charge in [-0.25, -0.2) is 18.2 Å². The van der Waals surface area contributed by atoms with Crippen LogP contribution in [0.25, 0.3) is 10.9 Å². The number of azo groups is 1. The van der Waals surface area contributed by atoms with Crippen LogP contribution in [0, 0.1) is 6.92 Å². The molecule has 4 N–H and O–H groups in total. The normalized spacial score (nSPS) is 11.2. The summed E-state index contributed by atoms with van der Waals surface area (Å²) in [6.07, 6.45) is 1.30. The molecule has 0 aliphatic rings. The van der Waals surface area contributed by atoms with E-state index in [0.717, 1.165) is 0 Å². The zero-order valence-electron chi connectivity index (χ0n) is 28.0. The Hall–Kier alpha value is -6.58. The highest BCUT2D eigenvalue weighted by atomic mass is 35.5. The highest BCUT2D eigenvalue weighted by molar-refractivity contribution is 7.92. The first-order valence-electron chi connectivity index (χ1n) is 15.5. The number of hydrogen-bond donors (Lipinski definition) is 4. The second-order valence-corrected chi connectivity index (χ2v) is 13.3. The van der Waals surface area contributed by atoms with Gasteiger partial charge >= 0.3 is 11.9 Å². The van der Waals surface area contributed by atoms with Gasteiger partial charge in [-0.05, 0) is 110 Å². The molecule has 4 aromatic carbocycles. The van der Waals surface area contributed by atoms with Crippen LogP contribution in [0.15, 0.2) is 124 Å². The largest absolute Gasteiger partial charge is 0.507 e. The van der Waals surface area contributed by atoms with Gasteiger partial charge in [0.25, 0.3) is 15.9 Å². The number of fused-ring (bicyclic) bond motifs is 1. The number of aliphatic carboxylic acids is 1. The molecular weight excluding hydrogens is 726 g/mol. The minimum Gasteiger partial charge on any atom is -0.507 e. The minimum absolute atomic E-state index is 0.0231. The highest BCUT2D eigenvalue weighted by Gasteiger charge is 2.22. The second-order valence-electron chi connectivity index (χ2n) is 11.2. The number of pyridine rings is 1. The molecule has 53 heavy (non-hydrogen) atoms. The summed E-state index contributed by atoms with van der Waals surface area (Å²) in [5.41, 5.74) is 2.62. The van der Waals surface area contributed by atoms with E-state index in [1.165, 1.54) is 59.3 Å². The topological polar surface area (TPSA) is 210 Å². The molecule has 16 heteroatoms. The van der Waals surface area contributed by atoms with E-state index in [1.807, 2.05) is 0 Å². The molecule has 0 spiro atoms. The number of anilines is 1. The van der Waals surface area contributed by atoms with Crippen LogP contribution >= 0.6 is 11.6 Å². The van der Waals surface area contributed by atoms with Crippen molar-refractivity contribution >= 4 is 67.6 Å². The maximum absolute atomic E-state index is 13.0. The monoisotopic (exact) mass is 755 g/mol. The molecule has 6 rings (SSSR count). The van der Waals surface area contributed by atoms with Gasteiger partial charge in [-0.2, -0.15) is 10.2 Å². The number of nitrogens with zero attached hydrogens (tertiary/aromatic N) is 4. The van der Waals surface area contributed by atoms with E-state index in [9.17, 15) is 33.0 Å². The fourth-order valence-electron chi connectivity index (χ4n) is 5.13. The van der Waals surface area contributed by atoms with Crippen LogP contribution in [-0.4, -0.2) is 58.2 Å². The summed E-state index contributed by atoms with van der Waals surface area (Å²) in [7, 11) is -2.25. The van der Waals surface area contributed by atoms with Crippen molar-refractivity contribution in [1.29, 1.82) is 0 Å². The van der Waals surface area contributed by atoms with Gasteiger partial charge in [0.2, 0.25) is 0 Å². The predicted molar refractivity (Wildman–Crippen MR) is 196 cm³/mol. The smallest absolute Gasteiger partial charge is 0.339 e. The number of halogens is 1. The SMILES string of the molecule is COc1ccc2c(c1)c(CC(=O)O)c(C)n2C(=O)c1ccc(Cl)cc1.O=C(O)c1cc(/N=N/c2ccc(S(=O)(=O)Nc3ccccn3)cc2)ccc1O. The average molecular weight is 756 g/mol. The number of carboxylic acids is 2. The molecule has 0 fully saturated rings. The lowest BCUT2D eigenvalue weighted by atomic mass is 10.1. The third-order valence-electron chi connectivity index (χ3n) is 7.71. The Morgan fingerprint density at radius 3 is 2.19 bits per heavy atom. The molecule has 14 nitrogen and oxygen atoms in total. The summed E-state index contributed by atoms with van der Waals surface area (Å²) in [5, 5.41) is 36.8. The highest BCUT2D eigenvalue weighted by Crippen LogP contribution is 2.31. The summed E-state index contributed by atoms with van der Waals surface area (Å²) >= 11 is 5.89. The van der Waals surface area contributed by atoms with Crippen LogP contribution < -0.4 is 9.46 Å². The number of carboxylic acid groups (broad SMARTS) is 2. The van der Waals surface area contributed by atoms with Crippen LogP contribution in [0.5, 0.6) is 11.5 Å². The number of nitrogens with one attached hydrogen (secondary N) is 1. The van der Waals surface area contributed by atoms with Crippen molar-refractivity contribution < 1.29 is 42.9 Å². The Labute approximate surface area is 307 Å². The van der Waals surface area contributed by atoms with Gasteiger partial charge in [-0.3, -0.25) is 18.9 Å². The van der Waals surface area contributed by atoms with Gasteiger partial charge in [-0.1, -0.05) is 17.7 Å². The van der Waals surface area contributed by atoms with Crippen LogP contribution in [0.2, 0.25) is 5.02 Å². The molecule has 2 heterocycles. The van der Waals surface area contributed by atoms with Crippen LogP contribution in [0.3, 0.4) is 0 Å². The van der Waals surface area contributed by atoms with E-state index in [0.29, 0.717) is 44.2 Å². The van der Waals surface area contributed by atoms with Crippen molar-refractivity contribution in [2.24, 2.45) is 10.2 Å². The number of carbonyl (C=O) groups is 3. The first kappa shape index (κ1) is 37.7. The Bertz CT molecular complexity index is 2450. The summed E-state index contributed by atoms with van der Waals surface area (Å²) in [6, 6.07) is 26.1. The number of hydrogen-bond acceptors (Lipinski definition) is 10. The fraction of sp³-hybridized carbons (Fsp3) is 0.0811. The van der Waals surface area contributed by atoms with Gasteiger partial charge in [0.1, 0.15) is 22.9 Å². The van der Waals surface area contributed by atoms with E-state index in [2.05, 4.69) is 19.9 Å². The van der Waals surface area contributed by atoms with E-state index in [-0.39, 0.29) is 40.0 Å². The maximum Gasteiger partial charge on any atom is 0.339 e. The Balaban J connectivity index is 0.000000206. The van der Waals surface area contributed by atoms with Crippen LogP contribution in [-0.2, 0) is 21.2 Å². The standard InChI is InChI=1S/C19H16ClNO4.C18H14N4O5S/c1-11-15(10-18(22)23)16-9-14(25-2)7-8-17(16)21(11)19(24)12-3-5-13(20)6-4-12;23-16-9-6-13(11-15(16)18(24)25)21-20-12-4-7-14(8-5-12)28(26,27)22-17-3-1-2-10-19-17/h3-9H,10H2,1-2H3,(H,22,23);1-11,23H,(H,19,22)(H,24,25)/b;21-20+. The molecule has 6 aromatic rings. The van der Waals surface area contributed by atoms with Crippen molar-refractivity contribution in [3.05, 3.63) is 137 Å². The number of carbonyl (C=O) groups excluding carboxylic acids is 1. The number of phenols is 1. The first-order valence-corrected chi connectivity index (χ1v) is 17.4. The Morgan fingerprint density at radius 1 is 0.887 bits per heavy atom. The molecule has 0 amide bonds. The Morgan fingerprint density at radius 2 is 1.57 bits per heavy atom. The number of aromatic carboxylic acids is 1.